The van der Waals surface area contributed by atoms with Crippen LogP contribution in [0.2, 0.25) is 0 Å². The summed E-state index contributed by atoms with van der Waals surface area (Å²) in [5.74, 6) is 1.78. The van der Waals surface area contributed by atoms with Crippen LogP contribution in [0.3, 0.4) is 0 Å². The molecule has 2 aliphatic carbocycles. The molecule has 1 aromatic carbocycles. The number of amides is 1. The van der Waals surface area contributed by atoms with Crippen LogP contribution in [-0.2, 0) is 9.59 Å². The van der Waals surface area contributed by atoms with Gasteiger partial charge in [0.25, 0.3) is 0 Å². The largest absolute Gasteiger partial charge is 0.359 e. The summed E-state index contributed by atoms with van der Waals surface area (Å²) in [5, 5.41) is 11.9. The molecule has 1 amide bonds. The van der Waals surface area contributed by atoms with Gasteiger partial charge in [0, 0.05) is 17.5 Å². The molecule has 0 aromatic heterocycles. The standard InChI is InChI=1S/C21H23N3O2/c1-2-20(26)24(21(15-25)12-6-7-13-21)19(22)14-18(16-10-11-16)23-17-8-4-3-5-9-17/h1,3-5,8-9,14-16,22-23H,6-7,10-13H2/b18-14-,22-19?. The fourth-order valence-electron chi connectivity index (χ4n) is 3.55. The number of allylic oxidation sites excluding steroid dienone is 1. The molecule has 134 valence electrons. The van der Waals surface area contributed by atoms with Crippen LogP contribution >= 0.6 is 0 Å². The lowest BCUT2D eigenvalue weighted by Crippen LogP contribution is -2.53. The van der Waals surface area contributed by atoms with Crippen LogP contribution in [0.25, 0.3) is 0 Å². The molecule has 2 saturated carbocycles. The van der Waals surface area contributed by atoms with Gasteiger partial charge in [0.1, 0.15) is 17.7 Å². The summed E-state index contributed by atoms with van der Waals surface area (Å²) in [7, 11) is 0. The van der Waals surface area contributed by atoms with Gasteiger partial charge in [-0.25, -0.2) is 0 Å². The van der Waals surface area contributed by atoms with E-state index in [0.29, 0.717) is 18.8 Å². The van der Waals surface area contributed by atoms with Crippen LogP contribution in [0.15, 0.2) is 42.1 Å². The van der Waals surface area contributed by atoms with Crippen molar-refractivity contribution < 1.29 is 9.59 Å². The van der Waals surface area contributed by atoms with Crippen molar-refractivity contribution in [3.05, 3.63) is 42.1 Å². The number of hydrogen-bond acceptors (Lipinski definition) is 4. The number of nitrogens with zero attached hydrogens (tertiary/aromatic N) is 1. The van der Waals surface area contributed by atoms with Crippen LogP contribution in [-0.4, -0.2) is 28.5 Å². The lowest BCUT2D eigenvalue weighted by Gasteiger charge is -2.35. The topological polar surface area (TPSA) is 73.3 Å². The zero-order valence-electron chi connectivity index (χ0n) is 14.7. The van der Waals surface area contributed by atoms with Crippen LogP contribution in [0.1, 0.15) is 38.5 Å². The predicted octanol–water partition coefficient (Wildman–Crippen LogP) is 3.34. The molecule has 0 saturated heterocycles. The SMILES string of the molecule is C#CC(=O)N(C(=N)/C=C(\Nc1ccccc1)C1CC1)C1(C=O)CCCC1. The number of aldehydes is 1. The summed E-state index contributed by atoms with van der Waals surface area (Å²) in [6.07, 6.45) is 12.7. The Morgan fingerprint density at radius 1 is 1.27 bits per heavy atom. The summed E-state index contributed by atoms with van der Waals surface area (Å²) >= 11 is 0. The molecule has 5 heteroatoms. The van der Waals surface area contributed by atoms with E-state index >= 15 is 0 Å². The first-order chi connectivity index (χ1) is 12.6. The average molecular weight is 349 g/mol. The molecule has 0 spiro atoms. The highest BCUT2D eigenvalue weighted by atomic mass is 16.2. The fourth-order valence-corrected chi connectivity index (χ4v) is 3.55. The highest BCUT2D eigenvalue weighted by Gasteiger charge is 2.43. The molecule has 0 heterocycles. The van der Waals surface area contributed by atoms with Gasteiger partial charge in [-0.1, -0.05) is 31.0 Å². The molecular formula is C21H23N3O2. The Labute approximate surface area is 154 Å². The number of terminal acetylenes is 1. The molecule has 26 heavy (non-hydrogen) atoms. The molecule has 0 aliphatic heterocycles. The Kier molecular flexibility index (Phi) is 5.22. The van der Waals surface area contributed by atoms with Crippen molar-refractivity contribution in [3.8, 4) is 12.3 Å². The molecule has 0 unspecified atom stereocenters. The predicted molar refractivity (Wildman–Crippen MR) is 102 cm³/mol. The highest BCUT2D eigenvalue weighted by molar-refractivity contribution is 6.11. The van der Waals surface area contributed by atoms with Crippen LogP contribution in [0, 0.1) is 23.7 Å². The van der Waals surface area contributed by atoms with Gasteiger partial charge in [-0.05, 0) is 49.7 Å². The molecule has 1 aromatic rings. The number of para-hydroxylation sites is 1. The Morgan fingerprint density at radius 3 is 2.46 bits per heavy atom. The Bertz CT molecular complexity index is 766. The second-order valence-electron chi connectivity index (χ2n) is 6.96. The van der Waals surface area contributed by atoms with Crippen molar-refractivity contribution >= 4 is 23.7 Å². The highest BCUT2D eigenvalue weighted by Crippen LogP contribution is 2.38. The maximum absolute atomic E-state index is 12.4. The Morgan fingerprint density at radius 2 is 1.92 bits per heavy atom. The fraction of sp³-hybridized carbons (Fsp3) is 0.381. The van der Waals surface area contributed by atoms with E-state index in [1.807, 2.05) is 30.3 Å². The number of nitrogens with one attached hydrogen (secondary N) is 2. The van der Waals surface area contributed by atoms with E-state index < -0.39 is 11.4 Å². The van der Waals surface area contributed by atoms with Gasteiger partial charge in [-0.2, -0.15) is 0 Å². The molecule has 2 N–H and O–H groups in total. The summed E-state index contributed by atoms with van der Waals surface area (Å²) < 4.78 is 0. The third-order valence-electron chi connectivity index (χ3n) is 5.07. The lowest BCUT2D eigenvalue weighted by atomic mass is 9.96. The first-order valence-corrected chi connectivity index (χ1v) is 8.99. The summed E-state index contributed by atoms with van der Waals surface area (Å²) in [5.41, 5.74) is 0.827. The number of benzene rings is 1. The van der Waals surface area contributed by atoms with E-state index in [9.17, 15) is 9.59 Å². The smallest absolute Gasteiger partial charge is 0.304 e. The third-order valence-corrected chi connectivity index (χ3v) is 5.07. The van der Waals surface area contributed by atoms with Crippen molar-refractivity contribution in [2.45, 2.75) is 44.1 Å². The van der Waals surface area contributed by atoms with Gasteiger partial charge in [0.05, 0.1) is 0 Å². The van der Waals surface area contributed by atoms with E-state index in [0.717, 1.165) is 43.4 Å². The zero-order chi connectivity index (χ0) is 18.6. The van der Waals surface area contributed by atoms with Crippen molar-refractivity contribution in [3.63, 3.8) is 0 Å². The first-order valence-electron chi connectivity index (χ1n) is 8.99. The maximum Gasteiger partial charge on any atom is 0.304 e. The zero-order valence-corrected chi connectivity index (χ0v) is 14.7. The van der Waals surface area contributed by atoms with E-state index in [1.165, 1.54) is 4.90 Å². The van der Waals surface area contributed by atoms with E-state index in [1.54, 1.807) is 6.08 Å². The van der Waals surface area contributed by atoms with E-state index in [-0.39, 0.29) is 5.84 Å². The van der Waals surface area contributed by atoms with E-state index in [4.69, 9.17) is 11.8 Å². The normalized spacial score (nSPS) is 18.7. The molecule has 5 nitrogen and oxygen atoms in total. The molecule has 0 radical (unpaired) electrons. The molecule has 2 fully saturated rings. The number of rotatable bonds is 6. The van der Waals surface area contributed by atoms with Crippen molar-refractivity contribution in [1.29, 1.82) is 5.41 Å². The van der Waals surface area contributed by atoms with Gasteiger partial charge in [-0.15, -0.1) is 6.42 Å². The van der Waals surface area contributed by atoms with Crippen molar-refractivity contribution in [1.82, 2.24) is 4.90 Å². The Balaban J connectivity index is 1.89. The molecular weight excluding hydrogens is 326 g/mol. The number of hydrogen-bond donors (Lipinski definition) is 2. The number of carbonyl (C=O) groups is 2. The summed E-state index contributed by atoms with van der Waals surface area (Å²) in [6, 6.07) is 9.72. The number of anilines is 1. The second kappa shape index (κ2) is 7.57. The molecule has 3 rings (SSSR count). The van der Waals surface area contributed by atoms with Gasteiger partial charge in [-0.3, -0.25) is 15.1 Å². The van der Waals surface area contributed by atoms with Gasteiger partial charge < -0.3 is 10.1 Å². The van der Waals surface area contributed by atoms with E-state index in [2.05, 4.69) is 11.2 Å². The third kappa shape index (κ3) is 3.70. The first kappa shape index (κ1) is 17.9. The minimum absolute atomic E-state index is 0.0210. The van der Waals surface area contributed by atoms with Crippen molar-refractivity contribution in [2.75, 3.05) is 5.32 Å². The van der Waals surface area contributed by atoms with Crippen LogP contribution < -0.4 is 5.32 Å². The molecule has 0 atom stereocenters. The summed E-state index contributed by atoms with van der Waals surface area (Å²) in [4.78, 5) is 25.4. The second-order valence-corrected chi connectivity index (χ2v) is 6.96. The number of amidine groups is 1. The van der Waals surface area contributed by atoms with Crippen molar-refractivity contribution in [2.24, 2.45) is 5.92 Å². The minimum Gasteiger partial charge on any atom is -0.359 e. The minimum atomic E-state index is -0.988. The average Bonchev–Trinajstić information content (AvgIpc) is 3.40. The van der Waals surface area contributed by atoms with Crippen LogP contribution in [0.5, 0.6) is 0 Å². The quantitative estimate of drug-likeness (QED) is 0.358. The van der Waals surface area contributed by atoms with Crippen LogP contribution in [0.4, 0.5) is 5.69 Å². The van der Waals surface area contributed by atoms with Gasteiger partial charge in [0.15, 0.2) is 0 Å². The molecule has 2 aliphatic rings. The Hall–Kier alpha value is -2.87. The van der Waals surface area contributed by atoms with Gasteiger partial charge in [0.2, 0.25) is 0 Å². The lowest BCUT2D eigenvalue weighted by molar-refractivity contribution is -0.131. The molecule has 0 bridgehead atoms. The monoisotopic (exact) mass is 349 g/mol. The number of carbonyl (C=O) groups excluding carboxylic acids is 2. The maximum atomic E-state index is 12.4. The summed E-state index contributed by atoms with van der Waals surface area (Å²) in [6.45, 7) is 0. The van der Waals surface area contributed by atoms with Gasteiger partial charge >= 0.3 is 5.91 Å².